The van der Waals surface area contributed by atoms with Crippen LogP contribution in [-0.4, -0.2) is 15.9 Å². The highest BCUT2D eigenvalue weighted by atomic mass is 35.5. The van der Waals surface area contributed by atoms with Crippen LogP contribution in [0.2, 0.25) is 5.15 Å². The maximum atomic E-state index is 12.6. The fourth-order valence-electron chi connectivity index (χ4n) is 1.56. The second-order valence-electron chi connectivity index (χ2n) is 4.11. The van der Waals surface area contributed by atoms with Gasteiger partial charge in [0.2, 0.25) is 0 Å². The van der Waals surface area contributed by atoms with Gasteiger partial charge >= 0.3 is 6.18 Å². The van der Waals surface area contributed by atoms with Gasteiger partial charge in [-0.15, -0.1) is 0 Å². The van der Waals surface area contributed by atoms with Crippen molar-refractivity contribution in [2.75, 3.05) is 0 Å². The largest absolute Gasteiger partial charge is 0.416 e. The summed E-state index contributed by atoms with van der Waals surface area (Å²) in [6, 6.07) is 4.72. The molecule has 110 valence electrons. The lowest BCUT2D eigenvalue weighted by Crippen LogP contribution is -2.24. The van der Waals surface area contributed by atoms with Crippen LogP contribution in [-0.2, 0) is 12.7 Å². The number of carbonyl (C=O) groups is 1. The molecular formula is C13H9ClF3N3O. The van der Waals surface area contributed by atoms with Gasteiger partial charge in [-0.2, -0.15) is 13.2 Å². The molecule has 0 unspecified atom stereocenters. The molecule has 0 radical (unpaired) electrons. The first kappa shape index (κ1) is 15.2. The van der Waals surface area contributed by atoms with Crippen LogP contribution in [0.15, 0.2) is 36.7 Å². The monoisotopic (exact) mass is 315 g/mol. The van der Waals surface area contributed by atoms with Gasteiger partial charge in [0.05, 0.1) is 18.0 Å². The van der Waals surface area contributed by atoms with E-state index in [2.05, 4.69) is 15.3 Å². The standard InChI is InChI=1S/C13H9ClF3N3O/c14-11-7-18-10(6-19-11)12(21)20-5-8-2-1-3-9(4-8)13(15,16)17/h1-4,6-7H,5H2,(H,20,21). The van der Waals surface area contributed by atoms with E-state index in [1.54, 1.807) is 0 Å². The number of benzene rings is 1. The Kier molecular flexibility index (Phi) is 4.42. The number of nitrogens with zero attached hydrogens (tertiary/aromatic N) is 2. The lowest BCUT2D eigenvalue weighted by molar-refractivity contribution is -0.137. The van der Waals surface area contributed by atoms with Crippen LogP contribution < -0.4 is 5.32 Å². The van der Waals surface area contributed by atoms with Crippen molar-refractivity contribution in [2.45, 2.75) is 12.7 Å². The van der Waals surface area contributed by atoms with Gasteiger partial charge < -0.3 is 5.32 Å². The SMILES string of the molecule is O=C(NCc1cccc(C(F)(F)F)c1)c1cnc(Cl)cn1. The molecule has 0 saturated carbocycles. The number of aromatic nitrogens is 2. The molecule has 0 aliphatic rings. The van der Waals surface area contributed by atoms with Crippen molar-refractivity contribution in [3.8, 4) is 0 Å². The number of rotatable bonds is 3. The maximum absolute atomic E-state index is 12.6. The first-order chi connectivity index (χ1) is 9.86. The summed E-state index contributed by atoms with van der Waals surface area (Å²) < 4.78 is 37.7. The Labute approximate surface area is 123 Å². The van der Waals surface area contributed by atoms with Crippen LogP contribution in [0.3, 0.4) is 0 Å². The van der Waals surface area contributed by atoms with E-state index in [1.165, 1.54) is 24.5 Å². The van der Waals surface area contributed by atoms with Crippen molar-refractivity contribution < 1.29 is 18.0 Å². The smallest absolute Gasteiger partial charge is 0.347 e. The minimum absolute atomic E-state index is 0.0337. The first-order valence-corrected chi connectivity index (χ1v) is 6.16. The van der Waals surface area contributed by atoms with Crippen LogP contribution >= 0.6 is 11.6 Å². The summed E-state index contributed by atoms with van der Waals surface area (Å²) in [4.78, 5) is 19.2. The highest BCUT2D eigenvalue weighted by Crippen LogP contribution is 2.29. The van der Waals surface area contributed by atoms with Crippen molar-refractivity contribution in [3.05, 3.63) is 58.6 Å². The number of amides is 1. The summed E-state index contributed by atoms with van der Waals surface area (Å²) in [5, 5.41) is 2.60. The van der Waals surface area contributed by atoms with Crippen LogP contribution in [0.4, 0.5) is 13.2 Å². The minimum Gasteiger partial charge on any atom is -0.347 e. The lowest BCUT2D eigenvalue weighted by Gasteiger charge is -2.09. The van der Waals surface area contributed by atoms with Crippen LogP contribution in [0.1, 0.15) is 21.6 Å². The Hall–Kier alpha value is -2.15. The summed E-state index contributed by atoms with van der Waals surface area (Å²) in [7, 11) is 0. The molecule has 4 nitrogen and oxygen atoms in total. The highest BCUT2D eigenvalue weighted by molar-refractivity contribution is 6.29. The van der Waals surface area contributed by atoms with Gasteiger partial charge in [0.25, 0.3) is 5.91 Å². The van der Waals surface area contributed by atoms with E-state index in [0.29, 0.717) is 5.56 Å². The van der Waals surface area contributed by atoms with Gasteiger partial charge in [-0.3, -0.25) is 4.79 Å². The molecule has 1 aromatic carbocycles. The maximum Gasteiger partial charge on any atom is 0.416 e. The fraction of sp³-hybridized carbons (Fsp3) is 0.154. The van der Waals surface area contributed by atoms with Crippen LogP contribution in [0.5, 0.6) is 0 Å². The summed E-state index contributed by atoms with van der Waals surface area (Å²) in [6.07, 6.45) is -2.02. The molecule has 21 heavy (non-hydrogen) atoms. The number of alkyl halides is 3. The van der Waals surface area contributed by atoms with Crippen LogP contribution in [0, 0.1) is 0 Å². The van der Waals surface area contributed by atoms with Crippen molar-refractivity contribution >= 4 is 17.5 Å². The van der Waals surface area contributed by atoms with Crippen molar-refractivity contribution in [1.29, 1.82) is 0 Å². The van der Waals surface area contributed by atoms with Gasteiger partial charge in [-0.05, 0) is 17.7 Å². The Morgan fingerprint density at radius 3 is 2.62 bits per heavy atom. The molecule has 1 amide bonds. The first-order valence-electron chi connectivity index (χ1n) is 5.78. The van der Waals surface area contributed by atoms with Crippen molar-refractivity contribution in [1.82, 2.24) is 15.3 Å². The zero-order valence-electron chi connectivity index (χ0n) is 10.5. The molecule has 0 atom stereocenters. The molecule has 1 N–H and O–H groups in total. The molecule has 0 aliphatic heterocycles. The minimum atomic E-state index is -4.42. The Balaban J connectivity index is 2.03. The van der Waals surface area contributed by atoms with E-state index >= 15 is 0 Å². The molecule has 2 aromatic rings. The lowest BCUT2D eigenvalue weighted by atomic mass is 10.1. The number of hydrogen-bond acceptors (Lipinski definition) is 3. The van der Waals surface area contributed by atoms with E-state index in [9.17, 15) is 18.0 Å². The predicted octanol–water partition coefficient (Wildman–Crippen LogP) is 3.08. The summed E-state index contributed by atoms with van der Waals surface area (Å²) >= 11 is 5.54. The molecule has 1 aromatic heterocycles. The quantitative estimate of drug-likeness (QED) is 0.947. The zero-order chi connectivity index (χ0) is 15.5. The predicted molar refractivity (Wildman–Crippen MR) is 69.7 cm³/mol. The summed E-state index contributed by atoms with van der Waals surface area (Å²) in [5.74, 6) is -0.545. The van der Waals surface area contributed by atoms with E-state index in [-0.39, 0.29) is 17.4 Å². The number of hydrogen-bond donors (Lipinski definition) is 1. The van der Waals surface area contributed by atoms with Crippen molar-refractivity contribution in [2.24, 2.45) is 0 Å². The molecule has 1 heterocycles. The molecule has 2 rings (SSSR count). The Morgan fingerprint density at radius 2 is 2.00 bits per heavy atom. The molecule has 0 spiro atoms. The topological polar surface area (TPSA) is 54.9 Å². The molecular weight excluding hydrogens is 307 g/mol. The Bertz CT molecular complexity index is 644. The van der Waals surface area contributed by atoms with E-state index in [4.69, 9.17) is 11.6 Å². The third-order valence-electron chi connectivity index (χ3n) is 2.56. The number of nitrogens with one attached hydrogen (secondary N) is 1. The highest BCUT2D eigenvalue weighted by Gasteiger charge is 2.30. The summed E-state index contributed by atoms with van der Waals surface area (Å²) in [5.41, 5.74) is -0.396. The molecule has 8 heteroatoms. The normalized spacial score (nSPS) is 11.2. The van der Waals surface area contributed by atoms with Gasteiger partial charge in [-0.25, -0.2) is 9.97 Å². The van der Waals surface area contributed by atoms with Crippen LogP contribution in [0.25, 0.3) is 0 Å². The average Bonchev–Trinajstić information content (AvgIpc) is 2.45. The number of carbonyl (C=O) groups excluding carboxylic acids is 1. The third kappa shape index (κ3) is 4.16. The van der Waals surface area contributed by atoms with E-state index in [1.807, 2.05) is 0 Å². The average molecular weight is 316 g/mol. The molecule has 0 aliphatic carbocycles. The van der Waals surface area contributed by atoms with Gasteiger partial charge in [-0.1, -0.05) is 23.7 Å². The number of halogens is 4. The Morgan fingerprint density at radius 1 is 1.24 bits per heavy atom. The third-order valence-corrected chi connectivity index (χ3v) is 2.76. The van der Waals surface area contributed by atoms with Gasteiger partial charge in [0, 0.05) is 6.54 Å². The van der Waals surface area contributed by atoms with Gasteiger partial charge in [0.1, 0.15) is 10.8 Å². The second-order valence-corrected chi connectivity index (χ2v) is 4.49. The molecule has 0 saturated heterocycles. The molecule has 0 fully saturated rings. The summed E-state index contributed by atoms with van der Waals surface area (Å²) in [6.45, 7) is -0.0486. The second kappa shape index (κ2) is 6.09. The van der Waals surface area contributed by atoms with E-state index < -0.39 is 17.6 Å². The fourth-order valence-corrected chi connectivity index (χ4v) is 1.66. The zero-order valence-corrected chi connectivity index (χ0v) is 11.2. The van der Waals surface area contributed by atoms with Crippen molar-refractivity contribution in [3.63, 3.8) is 0 Å². The van der Waals surface area contributed by atoms with E-state index in [0.717, 1.165) is 12.1 Å². The van der Waals surface area contributed by atoms with Gasteiger partial charge in [0.15, 0.2) is 0 Å². The molecule has 0 bridgehead atoms.